The molecule has 0 aliphatic carbocycles. The highest BCUT2D eigenvalue weighted by Crippen LogP contribution is 2.14. The molecule has 0 saturated heterocycles. The Morgan fingerprint density at radius 2 is 1.70 bits per heavy atom. The second-order valence-electron chi connectivity index (χ2n) is 7.68. The summed E-state index contributed by atoms with van der Waals surface area (Å²) in [7, 11) is 2.13. The quantitative estimate of drug-likeness (QED) is 0.484. The number of nitrogens with one attached hydrogen (secondary N) is 1. The summed E-state index contributed by atoms with van der Waals surface area (Å²) in [6, 6.07) is 14.9. The van der Waals surface area contributed by atoms with Crippen LogP contribution < -0.4 is 4.90 Å². The van der Waals surface area contributed by atoms with Crippen molar-refractivity contribution in [2.75, 3.05) is 7.05 Å². The Balaban J connectivity index is 1.50. The third-order valence-electron chi connectivity index (χ3n) is 5.31. The van der Waals surface area contributed by atoms with E-state index in [0.717, 1.165) is 11.4 Å². The van der Waals surface area contributed by atoms with Crippen molar-refractivity contribution in [3.63, 3.8) is 0 Å². The van der Waals surface area contributed by atoms with Gasteiger partial charge in [-0.25, -0.2) is 9.67 Å². The Morgan fingerprint density at radius 3 is 2.33 bits per heavy atom. The zero-order chi connectivity index (χ0) is 21.3. The maximum absolute atomic E-state index is 5.65. The Kier molecular flexibility index (Phi) is 5.56. The SMILES string of the molecule is Cc1cc(C)cc(-n2nnn(C[NH+](C)[C@H](C)c3ccc(-n4cncn4)cc3)c2=S)c1. The molecule has 1 unspecified atom stereocenters. The molecule has 0 amide bonds. The number of hydrogen-bond donors (Lipinski definition) is 1. The van der Waals surface area contributed by atoms with Gasteiger partial charge in [0.1, 0.15) is 18.7 Å². The van der Waals surface area contributed by atoms with Crippen LogP contribution in [0.4, 0.5) is 0 Å². The second-order valence-corrected chi connectivity index (χ2v) is 8.04. The number of aromatic nitrogens is 7. The number of tetrazole rings is 1. The molecule has 4 aromatic rings. The van der Waals surface area contributed by atoms with Crippen LogP contribution in [0.1, 0.15) is 29.7 Å². The van der Waals surface area contributed by atoms with E-state index in [1.54, 1.807) is 20.4 Å². The molecule has 0 bridgehead atoms. The van der Waals surface area contributed by atoms with Crippen LogP contribution in [0.15, 0.2) is 55.1 Å². The molecule has 9 heteroatoms. The Labute approximate surface area is 180 Å². The molecule has 1 N–H and O–H groups in total. The van der Waals surface area contributed by atoms with Gasteiger partial charge in [-0.05, 0) is 78.8 Å². The summed E-state index contributed by atoms with van der Waals surface area (Å²) in [6.07, 6.45) is 3.22. The molecule has 2 atom stereocenters. The molecule has 2 aromatic heterocycles. The van der Waals surface area contributed by atoms with E-state index in [9.17, 15) is 0 Å². The number of hydrogen-bond acceptors (Lipinski definition) is 5. The molecule has 4 rings (SSSR count). The number of quaternary nitrogens is 1. The predicted octanol–water partition coefficient (Wildman–Crippen LogP) is 2.23. The number of aryl methyl sites for hydroxylation is 2. The Morgan fingerprint density at radius 1 is 1.00 bits per heavy atom. The Bertz CT molecular complexity index is 1170. The first-order chi connectivity index (χ1) is 14.4. The first-order valence-electron chi connectivity index (χ1n) is 9.81. The van der Waals surface area contributed by atoms with Crippen molar-refractivity contribution >= 4 is 12.2 Å². The van der Waals surface area contributed by atoms with Crippen molar-refractivity contribution in [2.24, 2.45) is 0 Å². The first-order valence-corrected chi connectivity index (χ1v) is 10.2. The highest BCUT2D eigenvalue weighted by Gasteiger charge is 2.18. The zero-order valence-electron chi connectivity index (χ0n) is 17.5. The maximum Gasteiger partial charge on any atom is 0.225 e. The molecule has 154 valence electrons. The highest BCUT2D eigenvalue weighted by molar-refractivity contribution is 7.71. The van der Waals surface area contributed by atoms with E-state index in [1.807, 2.05) is 0 Å². The number of nitrogens with zero attached hydrogens (tertiary/aromatic N) is 7. The number of benzene rings is 2. The van der Waals surface area contributed by atoms with Gasteiger partial charge in [0.05, 0.1) is 18.4 Å². The molecule has 0 radical (unpaired) electrons. The number of rotatable bonds is 6. The minimum atomic E-state index is 0.253. The molecule has 2 aromatic carbocycles. The largest absolute Gasteiger partial charge is 0.313 e. The standard InChI is InChI=1S/C21H24N8S/c1-15-9-16(2)11-20(10-15)29-21(30)28(24-25-29)14-26(4)17(3)18-5-7-19(8-6-18)27-13-22-12-23-27/h5-13,17H,14H2,1-4H3/p+1/t17-/m1/s1. The van der Waals surface area contributed by atoms with E-state index in [0.29, 0.717) is 11.4 Å². The van der Waals surface area contributed by atoms with Crippen LogP contribution in [-0.4, -0.2) is 41.6 Å². The van der Waals surface area contributed by atoms with Gasteiger partial charge in [0.15, 0.2) is 6.67 Å². The van der Waals surface area contributed by atoms with E-state index < -0.39 is 0 Å². The van der Waals surface area contributed by atoms with E-state index >= 15 is 0 Å². The maximum atomic E-state index is 5.65. The van der Waals surface area contributed by atoms with Gasteiger partial charge in [-0.15, -0.1) is 0 Å². The van der Waals surface area contributed by atoms with Crippen molar-refractivity contribution in [3.05, 3.63) is 76.6 Å². The lowest BCUT2D eigenvalue weighted by atomic mass is 10.1. The van der Waals surface area contributed by atoms with Gasteiger partial charge in [0.2, 0.25) is 4.77 Å². The molecule has 8 nitrogen and oxygen atoms in total. The van der Waals surface area contributed by atoms with Crippen molar-refractivity contribution in [3.8, 4) is 11.4 Å². The van der Waals surface area contributed by atoms with Crippen molar-refractivity contribution in [2.45, 2.75) is 33.5 Å². The highest BCUT2D eigenvalue weighted by atomic mass is 32.1. The van der Waals surface area contributed by atoms with Gasteiger partial charge >= 0.3 is 0 Å². The summed E-state index contributed by atoms with van der Waals surface area (Å²) in [5, 5.41) is 12.8. The molecule has 0 aliphatic rings. The van der Waals surface area contributed by atoms with Crippen LogP contribution in [0.25, 0.3) is 11.4 Å². The molecule has 0 aliphatic heterocycles. The molecule has 2 heterocycles. The third kappa shape index (κ3) is 4.07. The van der Waals surface area contributed by atoms with Crippen molar-refractivity contribution in [1.29, 1.82) is 0 Å². The van der Waals surface area contributed by atoms with Gasteiger partial charge in [-0.2, -0.15) is 14.5 Å². The van der Waals surface area contributed by atoms with Crippen LogP contribution >= 0.6 is 12.2 Å². The lowest BCUT2D eigenvalue weighted by Crippen LogP contribution is -3.08. The summed E-state index contributed by atoms with van der Waals surface area (Å²) in [6.45, 7) is 6.95. The third-order valence-corrected chi connectivity index (χ3v) is 5.69. The normalized spacial score (nSPS) is 13.3. The average molecular weight is 422 g/mol. The average Bonchev–Trinajstić information content (AvgIpc) is 3.38. The van der Waals surface area contributed by atoms with Crippen LogP contribution in [0, 0.1) is 18.6 Å². The van der Waals surface area contributed by atoms with Gasteiger partial charge < -0.3 is 4.90 Å². The smallest absolute Gasteiger partial charge is 0.225 e. The zero-order valence-corrected chi connectivity index (χ0v) is 18.3. The fourth-order valence-corrected chi connectivity index (χ4v) is 3.77. The topological polar surface area (TPSA) is 70.8 Å². The summed E-state index contributed by atoms with van der Waals surface area (Å²) in [5.74, 6) is 0. The minimum absolute atomic E-state index is 0.253. The molecular formula is C21H25N8S+. The van der Waals surface area contributed by atoms with Crippen molar-refractivity contribution in [1.82, 2.24) is 34.6 Å². The minimum Gasteiger partial charge on any atom is -0.313 e. The van der Waals surface area contributed by atoms with E-state index in [-0.39, 0.29) is 6.04 Å². The van der Waals surface area contributed by atoms with E-state index in [1.165, 1.54) is 27.9 Å². The van der Waals surface area contributed by atoms with Crippen LogP contribution in [0.3, 0.4) is 0 Å². The van der Waals surface area contributed by atoms with Gasteiger partial charge in [0.25, 0.3) is 0 Å². The van der Waals surface area contributed by atoms with Gasteiger partial charge in [0, 0.05) is 5.56 Å². The molecule has 30 heavy (non-hydrogen) atoms. The monoisotopic (exact) mass is 421 g/mol. The lowest BCUT2D eigenvalue weighted by molar-refractivity contribution is -0.933. The molecular weight excluding hydrogens is 396 g/mol. The molecule has 0 spiro atoms. The summed E-state index contributed by atoms with van der Waals surface area (Å²) in [5.41, 5.74) is 5.50. The van der Waals surface area contributed by atoms with Crippen LogP contribution in [-0.2, 0) is 6.67 Å². The van der Waals surface area contributed by atoms with Crippen LogP contribution in [0.5, 0.6) is 0 Å². The first kappa shape index (κ1) is 20.1. The lowest BCUT2D eigenvalue weighted by Gasteiger charge is -2.21. The Hall–Kier alpha value is -3.17. The van der Waals surface area contributed by atoms with Gasteiger partial charge in [-0.1, -0.05) is 18.2 Å². The van der Waals surface area contributed by atoms with Gasteiger partial charge in [-0.3, -0.25) is 0 Å². The van der Waals surface area contributed by atoms with E-state index in [2.05, 4.69) is 90.8 Å². The second kappa shape index (κ2) is 8.29. The summed E-state index contributed by atoms with van der Waals surface area (Å²) >= 11 is 5.65. The summed E-state index contributed by atoms with van der Waals surface area (Å²) < 4.78 is 5.84. The predicted molar refractivity (Wildman–Crippen MR) is 116 cm³/mol. The molecule has 0 fully saturated rings. The molecule has 0 saturated carbocycles. The fraction of sp³-hybridized carbons (Fsp3) is 0.286. The van der Waals surface area contributed by atoms with E-state index in [4.69, 9.17) is 12.2 Å². The van der Waals surface area contributed by atoms with Crippen molar-refractivity contribution < 1.29 is 4.90 Å². The summed E-state index contributed by atoms with van der Waals surface area (Å²) in [4.78, 5) is 5.25. The van der Waals surface area contributed by atoms with Crippen LogP contribution in [0.2, 0.25) is 0 Å². The fourth-order valence-electron chi connectivity index (χ4n) is 3.52.